The predicted molar refractivity (Wildman–Crippen MR) is 104 cm³/mol. The standard InChI is InChI=1S/C22H24N2O4/c25-12-13-28-18-5-3-4-16(14-18)15-23-10-8-17(9-11-23)24-21(26)19-6-1-2-7-20(19)22(24)27/h1-7,14,17,25H,8-13,15H2. The summed E-state index contributed by atoms with van der Waals surface area (Å²) in [5.74, 6) is 0.438. The lowest BCUT2D eigenvalue weighted by Gasteiger charge is -2.35. The number of hydrogen-bond acceptors (Lipinski definition) is 5. The zero-order valence-corrected chi connectivity index (χ0v) is 15.7. The molecule has 6 heteroatoms. The lowest BCUT2D eigenvalue weighted by atomic mass is 10.0. The minimum Gasteiger partial charge on any atom is -0.491 e. The molecule has 2 aliphatic heterocycles. The van der Waals surface area contributed by atoms with Crippen molar-refractivity contribution in [3.8, 4) is 5.75 Å². The molecule has 0 aliphatic carbocycles. The third-order valence-corrected chi connectivity index (χ3v) is 5.41. The number of imide groups is 1. The molecule has 4 rings (SSSR count). The Morgan fingerprint density at radius 2 is 1.64 bits per heavy atom. The molecular formula is C22H24N2O4. The molecule has 6 nitrogen and oxygen atoms in total. The maximum atomic E-state index is 12.7. The van der Waals surface area contributed by atoms with Gasteiger partial charge in [-0.3, -0.25) is 19.4 Å². The number of amides is 2. The van der Waals surface area contributed by atoms with Gasteiger partial charge in [0.05, 0.1) is 17.7 Å². The molecule has 0 bridgehead atoms. The number of carbonyl (C=O) groups is 2. The van der Waals surface area contributed by atoms with Gasteiger partial charge in [0.15, 0.2) is 0 Å². The van der Waals surface area contributed by atoms with Crippen molar-refractivity contribution in [2.45, 2.75) is 25.4 Å². The van der Waals surface area contributed by atoms with Gasteiger partial charge in [-0.2, -0.15) is 0 Å². The van der Waals surface area contributed by atoms with Gasteiger partial charge in [-0.15, -0.1) is 0 Å². The molecule has 28 heavy (non-hydrogen) atoms. The SMILES string of the molecule is O=C1c2ccccc2C(=O)N1C1CCN(Cc2cccc(OCCO)c2)CC1. The zero-order valence-electron chi connectivity index (χ0n) is 15.7. The average Bonchev–Trinajstić information content (AvgIpc) is 2.98. The molecule has 0 radical (unpaired) electrons. The lowest BCUT2D eigenvalue weighted by molar-refractivity contribution is 0.0497. The molecule has 2 aromatic rings. The Bertz CT molecular complexity index is 839. The quantitative estimate of drug-likeness (QED) is 0.779. The summed E-state index contributed by atoms with van der Waals surface area (Å²) in [6, 6.07) is 14.9. The van der Waals surface area contributed by atoms with E-state index in [-0.39, 0.29) is 31.1 Å². The highest BCUT2D eigenvalue weighted by atomic mass is 16.5. The zero-order chi connectivity index (χ0) is 19.5. The van der Waals surface area contributed by atoms with Gasteiger partial charge in [0.25, 0.3) is 11.8 Å². The molecule has 2 aromatic carbocycles. The van der Waals surface area contributed by atoms with Gasteiger partial charge in [0.1, 0.15) is 12.4 Å². The second-order valence-corrected chi connectivity index (χ2v) is 7.25. The fourth-order valence-electron chi connectivity index (χ4n) is 4.03. The molecular weight excluding hydrogens is 356 g/mol. The van der Waals surface area contributed by atoms with Crippen LogP contribution in [-0.2, 0) is 6.54 Å². The van der Waals surface area contributed by atoms with Gasteiger partial charge >= 0.3 is 0 Å². The largest absolute Gasteiger partial charge is 0.491 e. The molecule has 146 valence electrons. The summed E-state index contributed by atoms with van der Waals surface area (Å²) in [4.78, 5) is 29.1. The van der Waals surface area contributed by atoms with Crippen molar-refractivity contribution in [2.75, 3.05) is 26.3 Å². The number of aliphatic hydroxyl groups is 1. The first-order valence-corrected chi connectivity index (χ1v) is 9.69. The van der Waals surface area contributed by atoms with E-state index in [0.717, 1.165) is 43.8 Å². The van der Waals surface area contributed by atoms with Gasteiger partial charge < -0.3 is 9.84 Å². The number of aliphatic hydroxyl groups excluding tert-OH is 1. The molecule has 0 spiro atoms. The topological polar surface area (TPSA) is 70.1 Å². The smallest absolute Gasteiger partial charge is 0.261 e. The lowest BCUT2D eigenvalue weighted by Crippen LogP contribution is -2.47. The van der Waals surface area contributed by atoms with E-state index in [2.05, 4.69) is 11.0 Å². The van der Waals surface area contributed by atoms with Crippen LogP contribution in [0.2, 0.25) is 0 Å². The average molecular weight is 380 g/mol. The summed E-state index contributed by atoms with van der Waals surface area (Å²) in [6.07, 6.45) is 1.57. The summed E-state index contributed by atoms with van der Waals surface area (Å²) in [5.41, 5.74) is 2.19. The number of hydrogen-bond donors (Lipinski definition) is 1. The van der Waals surface area contributed by atoms with E-state index in [9.17, 15) is 9.59 Å². The Morgan fingerprint density at radius 3 is 2.29 bits per heavy atom. The third-order valence-electron chi connectivity index (χ3n) is 5.41. The first-order chi connectivity index (χ1) is 13.7. The van der Waals surface area contributed by atoms with E-state index in [1.165, 1.54) is 4.90 Å². The normalized spacial score (nSPS) is 17.8. The number of piperidine rings is 1. The number of benzene rings is 2. The van der Waals surface area contributed by atoms with Crippen molar-refractivity contribution < 1.29 is 19.4 Å². The Labute approximate surface area is 164 Å². The summed E-state index contributed by atoms with van der Waals surface area (Å²) < 4.78 is 5.47. The molecule has 0 aromatic heterocycles. The second kappa shape index (κ2) is 8.12. The minimum absolute atomic E-state index is 0.00442. The Balaban J connectivity index is 1.36. The number of carbonyl (C=O) groups excluding carboxylic acids is 2. The summed E-state index contributed by atoms with van der Waals surface area (Å²) in [7, 11) is 0. The molecule has 2 aliphatic rings. The highest BCUT2D eigenvalue weighted by molar-refractivity contribution is 6.21. The number of fused-ring (bicyclic) bond motifs is 1. The van der Waals surface area contributed by atoms with Crippen LogP contribution >= 0.6 is 0 Å². The molecule has 0 atom stereocenters. The Morgan fingerprint density at radius 1 is 0.964 bits per heavy atom. The fourth-order valence-corrected chi connectivity index (χ4v) is 4.03. The first-order valence-electron chi connectivity index (χ1n) is 9.69. The summed E-state index contributed by atoms with van der Waals surface area (Å²) >= 11 is 0. The monoisotopic (exact) mass is 380 g/mol. The van der Waals surface area contributed by atoms with Crippen LogP contribution in [0.4, 0.5) is 0 Å². The van der Waals surface area contributed by atoms with Crippen molar-refractivity contribution >= 4 is 11.8 Å². The molecule has 1 fully saturated rings. The van der Waals surface area contributed by atoms with E-state index >= 15 is 0 Å². The minimum atomic E-state index is -0.159. The first kappa shape index (κ1) is 18.7. The van der Waals surface area contributed by atoms with Crippen molar-refractivity contribution in [2.24, 2.45) is 0 Å². The maximum Gasteiger partial charge on any atom is 0.261 e. The fraction of sp³-hybridized carbons (Fsp3) is 0.364. The van der Waals surface area contributed by atoms with Crippen LogP contribution in [0.15, 0.2) is 48.5 Å². The predicted octanol–water partition coefficient (Wildman–Crippen LogP) is 2.32. The van der Waals surface area contributed by atoms with Crippen molar-refractivity contribution in [3.63, 3.8) is 0 Å². The van der Waals surface area contributed by atoms with Gasteiger partial charge in [0, 0.05) is 25.7 Å². The van der Waals surface area contributed by atoms with Crippen LogP contribution in [0, 0.1) is 0 Å². The molecule has 0 saturated carbocycles. The Kier molecular flexibility index (Phi) is 5.41. The van der Waals surface area contributed by atoms with Crippen LogP contribution in [0.1, 0.15) is 39.1 Å². The molecule has 1 saturated heterocycles. The van der Waals surface area contributed by atoms with Gasteiger partial charge in [-0.05, 0) is 42.7 Å². The number of rotatable bonds is 6. The Hall–Kier alpha value is -2.70. The third kappa shape index (κ3) is 3.66. The van der Waals surface area contributed by atoms with E-state index < -0.39 is 0 Å². The van der Waals surface area contributed by atoms with Crippen LogP contribution < -0.4 is 4.74 Å². The highest BCUT2D eigenvalue weighted by Crippen LogP contribution is 2.29. The molecule has 2 amide bonds. The van der Waals surface area contributed by atoms with E-state index in [1.807, 2.05) is 18.2 Å². The number of likely N-dealkylation sites (tertiary alicyclic amines) is 1. The van der Waals surface area contributed by atoms with Gasteiger partial charge in [0.2, 0.25) is 0 Å². The van der Waals surface area contributed by atoms with Crippen LogP contribution in [0.3, 0.4) is 0 Å². The summed E-state index contributed by atoms with van der Waals surface area (Å²) in [6.45, 7) is 2.75. The van der Waals surface area contributed by atoms with E-state index in [1.54, 1.807) is 24.3 Å². The molecule has 2 heterocycles. The van der Waals surface area contributed by atoms with Crippen LogP contribution in [0.5, 0.6) is 5.75 Å². The number of nitrogens with zero attached hydrogens (tertiary/aromatic N) is 2. The van der Waals surface area contributed by atoms with E-state index in [4.69, 9.17) is 9.84 Å². The van der Waals surface area contributed by atoms with Gasteiger partial charge in [-0.25, -0.2) is 0 Å². The van der Waals surface area contributed by atoms with Crippen molar-refractivity contribution in [3.05, 3.63) is 65.2 Å². The van der Waals surface area contributed by atoms with Crippen molar-refractivity contribution in [1.82, 2.24) is 9.80 Å². The maximum absolute atomic E-state index is 12.7. The van der Waals surface area contributed by atoms with Crippen molar-refractivity contribution in [1.29, 1.82) is 0 Å². The van der Waals surface area contributed by atoms with Crippen LogP contribution in [0.25, 0.3) is 0 Å². The second-order valence-electron chi connectivity index (χ2n) is 7.25. The van der Waals surface area contributed by atoms with E-state index in [0.29, 0.717) is 11.1 Å². The summed E-state index contributed by atoms with van der Waals surface area (Å²) in [5, 5.41) is 8.88. The molecule has 1 N–H and O–H groups in total. The molecule has 0 unspecified atom stereocenters. The van der Waals surface area contributed by atoms with Gasteiger partial charge in [-0.1, -0.05) is 24.3 Å². The number of ether oxygens (including phenoxy) is 1. The van der Waals surface area contributed by atoms with Crippen LogP contribution in [-0.4, -0.2) is 59.1 Å². The highest BCUT2D eigenvalue weighted by Gasteiger charge is 2.40.